The van der Waals surface area contributed by atoms with E-state index in [1.54, 1.807) is 6.92 Å². The van der Waals surface area contributed by atoms with Crippen LogP contribution in [-0.4, -0.2) is 47.6 Å². The van der Waals surface area contributed by atoms with Crippen molar-refractivity contribution >= 4 is 51.5 Å². The van der Waals surface area contributed by atoms with Gasteiger partial charge in [0.1, 0.15) is 10.6 Å². The molecular formula is C24H30Cl2N4O3S. The first-order valence-electron chi connectivity index (χ1n) is 12.1. The first-order chi connectivity index (χ1) is 16.4. The number of thiazole rings is 1. The lowest BCUT2D eigenvalue weighted by molar-refractivity contribution is 0.0530. The van der Waals surface area contributed by atoms with Crippen molar-refractivity contribution in [3.8, 4) is 0 Å². The van der Waals surface area contributed by atoms with E-state index in [-0.39, 0.29) is 22.9 Å². The minimum absolute atomic E-state index is 0.119. The Hall–Kier alpha value is -1.77. The fourth-order valence-electron chi connectivity index (χ4n) is 5.49. The molecule has 3 fully saturated rings. The van der Waals surface area contributed by atoms with Crippen LogP contribution in [0.5, 0.6) is 0 Å². The molecule has 0 spiro atoms. The van der Waals surface area contributed by atoms with E-state index in [0.717, 1.165) is 42.7 Å². The second kappa shape index (κ2) is 9.70. The van der Waals surface area contributed by atoms with Crippen molar-refractivity contribution < 1.29 is 14.3 Å². The number of hydrogen-bond donors (Lipinski definition) is 2. The number of carbonyl (C=O) groups excluding carboxylic acids is 2. The second-order valence-corrected chi connectivity index (χ2v) is 11.4. The quantitative estimate of drug-likeness (QED) is 0.460. The molecule has 34 heavy (non-hydrogen) atoms. The number of anilines is 1. The third-order valence-electron chi connectivity index (χ3n) is 7.45. The number of amides is 1. The Morgan fingerprint density at radius 1 is 1.21 bits per heavy atom. The number of aryl methyl sites for hydroxylation is 2. The van der Waals surface area contributed by atoms with Crippen molar-refractivity contribution in [1.29, 1.82) is 0 Å². The summed E-state index contributed by atoms with van der Waals surface area (Å²) in [5.41, 5.74) is 1.88. The van der Waals surface area contributed by atoms with Crippen LogP contribution in [0.15, 0.2) is 0 Å². The van der Waals surface area contributed by atoms with Crippen molar-refractivity contribution in [3.05, 3.63) is 32.0 Å². The van der Waals surface area contributed by atoms with Gasteiger partial charge >= 0.3 is 5.97 Å². The molecule has 184 valence electrons. The van der Waals surface area contributed by atoms with Gasteiger partial charge in [-0.05, 0) is 32.6 Å². The third-order valence-corrected chi connectivity index (χ3v) is 9.54. The van der Waals surface area contributed by atoms with E-state index in [0.29, 0.717) is 39.7 Å². The second-order valence-electron chi connectivity index (χ2n) is 9.67. The predicted molar refractivity (Wildman–Crippen MR) is 134 cm³/mol. The monoisotopic (exact) mass is 524 g/mol. The third kappa shape index (κ3) is 4.56. The number of aromatic amines is 1. The predicted octanol–water partition coefficient (Wildman–Crippen LogP) is 5.25. The standard InChI is InChI=1S/C24H30Cl2N4O3S/c1-3-33-23(32)21-16(9-8-13-6-4-5-7-13)28-24(34-21)30-10-14-15(11-30)19(14)29-22(31)20-18(26)17(25)12(2)27-20/h13-15,19,27H,3-11H2,1-2H3,(H,29,31)/t14-,15+,19+. The molecule has 1 saturated heterocycles. The highest BCUT2D eigenvalue weighted by Gasteiger charge is 2.57. The van der Waals surface area contributed by atoms with Crippen molar-refractivity contribution in [2.24, 2.45) is 17.8 Å². The van der Waals surface area contributed by atoms with E-state index in [2.05, 4.69) is 15.2 Å². The zero-order valence-electron chi connectivity index (χ0n) is 19.5. The van der Waals surface area contributed by atoms with Crippen LogP contribution in [0.1, 0.15) is 70.6 Å². The maximum atomic E-state index is 12.7. The van der Waals surface area contributed by atoms with Gasteiger partial charge in [-0.15, -0.1) is 0 Å². The maximum Gasteiger partial charge on any atom is 0.350 e. The summed E-state index contributed by atoms with van der Waals surface area (Å²) < 4.78 is 5.31. The van der Waals surface area contributed by atoms with Crippen molar-refractivity contribution in [2.75, 3.05) is 24.6 Å². The van der Waals surface area contributed by atoms with Gasteiger partial charge in [0.15, 0.2) is 5.13 Å². The van der Waals surface area contributed by atoms with Gasteiger partial charge in [0.2, 0.25) is 0 Å². The van der Waals surface area contributed by atoms with Gasteiger partial charge in [0.25, 0.3) is 5.91 Å². The summed E-state index contributed by atoms with van der Waals surface area (Å²) in [4.78, 5) is 36.0. The summed E-state index contributed by atoms with van der Waals surface area (Å²) in [7, 11) is 0. The number of ether oxygens (including phenoxy) is 1. The Kier molecular flexibility index (Phi) is 6.84. The Labute approximate surface area is 213 Å². The van der Waals surface area contributed by atoms with Crippen molar-refractivity contribution in [2.45, 2.75) is 58.4 Å². The Balaban J connectivity index is 1.22. The van der Waals surface area contributed by atoms with E-state index in [4.69, 9.17) is 32.9 Å². The summed E-state index contributed by atoms with van der Waals surface area (Å²) in [6, 6.07) is 0.119. The fraction of sp³-hybridized carbons (Fsp3) is 0.625. The van der Waals surface area contributed by atoms with Crippen molar-refractivity contribution in [1.82, 2.24) is 15.3 Å². The molecule has 2 aromatic rings. The molecule has 2 N–H and O–H groups in total. The zero-order valence-corrected chi connectivity index (χ0v) is 21.8. The summed E-state index contributed by atoms with van der Waals surface area (Å²) in [5, 5.41) is 4.64. The molecule has 2 aromatic heterocycles. The van der Waals surface area contributed by atoms with Gasteiger partial charge in [-0.2, -0.15) is 0 Å². The number of piperidine rings is 1. The molecule has 1 aliphatic heterocycles. The summed E-state index contributed by atoms with van der Waals surface area (Å²) in [6.45, 7) is 5.60. The molecular weight excluding hydrogens is 495 g/mol. The van der Waals surface area contributed by atoms with Gasteiger partial charge in [0, 0.05) is 36.7 Å². The molecule has 0 radical (unpaired) electrons. The normalized spacial score (nSPS) is 23.9. The van der Waals surface area contributed by atoms with Gasteiger partial charge in [0.05, 0.1) is 22.3 Å². The van der Waals surface area contributed by atoms with Crippen LogP contribution >= 0.6 is 34.5 Å². The Bertz CT molecular complexity index is 1080. The number of aromatic nitrogens is 2. The number of H-pyrrole nitrogens is 1. The molecule has 7 nitrogen and oxygen atoms in total. The highest BCUT2D eigenvalue weighted by Crippen LogP contribution is 2.48. The van der Waals surface area contributed by atoms with Gasteiger partial charge in [-0.25, -0.2) is 9.78 Å². The molecule has 2 saturated carbocycles. The van der Waals surface area contributed by atoms with Crippen LogP contribution in [0.4, 0.5) is 5.13 Å². The van der Waals surface area contributed by atoms with Crippen LogP contribution in [0.2, 0.25) is 10.0 Å². The molecule has 3 aliphatic rings. The Morgan fingerprint density at radius 2 is 1.91 bits per heavy atom. The highest BCUT2D eigenvalue weighted by molar-refractivity contribution is 7.17. The fourth-order valence-corrected chi connectivity index (χ4v) is 6.93. The number of nitrogens with zero attached hydrogens (tertiary/aromatic N) is 2. The molecule has 0 unspecified atom stereocenters. The van der Waals surface area contributed by atoms with Crippen LogP contribution in [-0.2, 0) is 11.2 Å². The number of halogens is 2. The van der Waals surface area contributed by atoms with Crippen LogP contribution in [0, 0.1) is 24.7 Å². The number of fused-ring (bicyclic) bond motifs is 1. The van der Waals surface area contributed by atoms with E-state index in [1.165, 1.54) is 37.0 Å². The first kappa shape index (κ1) is 23.9. The molecule has 3 atom stereocenters. The largest absolute Gasteiger partial charge is 0.462 e. The molecule has 3 heterocycles. The molecule has 1 amide bonds. The van der Waals surface area contributed by atoms with Crippen LogP contribution in [0.25, 0.3) is 0 Å². The number of hydrogen-bond acceptors (Lipinski definition) is 6. The smallest absolute Gasteiger partial charge is 0.350 e. The SMILES string of the molecule is CCOC(=O)c1sc(N2C[C@@H]3[C@H](C2)[C@H]3NC(=O)c2[nH]c(C)c(Cl)c2Cl)nc1CCC1CCCC1. The van der Waals surface area contributed by atoms with E-state index >= 15 is 0 Å². The lowest BCUT2D eigenvalue weighted by atomic mass is 10.0. The number of esters is 1. The van der Waals surface area contributed by atoms with E-state index < -0.39 is 0 Å². The summed E-state index contributed by atoms with van der Waals surface area (Å²) >= 11 is 13.7. The first-order valence-corrected chi connectivity index (χ1v) is 13.7. The van der Waals surface area contributed by atoms with Gasteiger partial charge in [-0.1, -0.05) is 60.2 Å². The minimum Gasteiger partial charge on any atom is -0.462 e. The summed E-state index contributed by atoms with van der Waals surface area (Å²) in [5.74, 6) is 0.992. The molecule has 5 rings (SSSR count). The average Bonchev–Trinajstić information content (AvgIpc) is 3.39. The molecule has 0 aromatic carbocycles. The lowest BCUT2D eigenvalue weighted by Crippen LogP contribution is -2.34. The zero-order chi connectivity index (χ0) is 24.0. The van der Waals surface area contributed by atoms with Crippen LogP contribution < -0.4 is 10.2 Å². The van der Waals surface area contributed by atoms with Crippen LogP contribution in [0.3, 0.4) is 0 Å². The molecule has 0 bridgehead atoms. The van der Waals surface area contributed by atoms with Gasteiger partial charge < -0.3 is 19.9 Å². The number of rotatable bonds is 8. The highest BCUT2D eigenvalue weighted by atomic mass is 35.5. The molecule has 2 aliphatic carbocycles. The molecule has 10 heteroatoms. The number of carbonyl (C=O) groups is 2. The topological polar surface area (TPSA) is 87.3 Å². The summed E-state index contributed by atoms with van der Waals surface area (Å²) in [6.07, 6.45) is 7.11. The average molecular weight is 526 g/mol. The van der Waals surface area contributed by atoms with Gasteiger partial charge in [-0.3, -0.25) is 4.79 Å². The van der Waals surface area contributed by atoms with E-state index in [1.807, 2.05) is 6.92 Å². The maximum absolute atomic E-state index is 12.7. The minimum atomic E-state index is -0.265. The Morgan fingerprint density at radius 3 is 2.53 bits per heavy atom. The lowest BCUT2D eigenvalue weighted by Gasteiger charge is -2.19. The number of nitrogens with one attached hydrogen (secondary N) is 2. The van der Waals surface area contributed by atoms with Crippen molar-refractivity contribution in [3.63, 3.8) is 0 Å². The van der Waals surface area contributed by atoms with E-state index in [9.17, 15) is 9.59 Å².